The molecule has 4 heteroatoms. The molecule has 1 aromatic carbocycles. The Hall–Kier alpha value is -2.05. The molecule has 0 aliphatic rings. The molecule has 0 aliphatic carbocycles. The summed E-state index contributed by atoms with van der Waals surface area (Å²) in [6.07, 6.45) is 1.58. The molecule has 0 N–H and O–H groups in total. The molecule has 0 saturated heterocycles. The van der Waals surface area contributed by atoms with Gasteiger partial charge in [0, 0.05) is 11.2 Å². The lowest BCUT2D eigenvalue weighted by molar-refractivity contribution is 0.461. The first-order valence-corrected chi connectivity index (χ1v) is 5.37. The van der Waals surface area contributed by atoms with Gasteiger partial charge < -0.3 is 4.74 Å². The van der Waals surface area contributed by atoms with Crippen molar-refractivity contribution in [1.29, 1.82) is 5.26 Å². The van der Waals surface area contributed by atoms with Gasteiger partial charge in [0.2, 0.25) is 5.88 Å². The zero-order valence-electron chi connectivity index (χ0n) is 9.14. The largest absolute Gasteiger partial charge is 0.438 e. The third-order valence-corrected chi connectivity index (χ3v) is 2.66. The summed E-state index contributed by atoms with van der Waals surface area (Å²) >= 11 is 5.92. The molecule has 0 bridgehead atoms. The van der Waals surface area contributed by atoms with Gasteiger partial charge in [-0.15, -0.1) is 0 Å². The SMILES string of the molecule is Cc1cc(Oc2ncccc2C#N)ccc1Cl. The second kappa shape index (κ2) is 4.86. The molecule has 1 aromatic heterocycles. The summed E-state index contributed by atoms with van der Waals surface area (Å²) in [4.78, 5) is 4.02. The van der Waals surface area contributed by atoms with Crippen molar-refractivity contribution in [2.24, 2.45) is 0 Å². The van der Waals surface area contributed by atoms with Gasteiger partial charge in [-0.25, -0.2) is 4.98 Å². The van der Waals surface area contributed by atoms with Crippen LogP contribution in [0.25, 0.3) is 0 Å². The van der Waals surface area contributed by atoms with Crippen LogP contribution >= 0.6 is 11.6 Å². The summed E-state index contributed by atoms with van der Waals surface area (Å²) in [5.41, 5.74) is 1.32. The summed E-state index contributed by atoms with van der Waals surface area (Å²) in [6, 6.07) is 10.7. The molecule has 1 heterocycles. The highest BCUT2D eigenvalue weighted by Gasteiger charge is 2.06. The highest BCUT2D eigenvalue weighted by molar-refractivity contribution is 6.31. The zero-order valence-corrected chi connectivity index (χ0v) is 9.90. The number of halogens is 1. The van der Waals surface area contributed by atoms with Gasteiger partial charge >= 0.3 is 0 Å². The van der Waals surface area contributed by atoms with Crippen LogP contribution < -0.4 is 4.74 Å². The lowest BCUT2D eigenvalue weighted by Gasteiger charge is -2.07. The Balaban J connectivity index is 2.32. The third-order valence-electron chi connectivity index (χ3n) is 2.24. The van der Waals surface area contributed by atoms with E-state index in [2.05, 4.69) is 4.98 Å². The van der Waals surface area contributed by atoms with Crippen molar-refractivity contribution in [1.82, 2.24) is 4.98 Å². The van der Waals surface area contributed by atoms with Crippen LogP contribution in [0, 0.1) is 18.3 Å². The summed E-state index contributed by atoms with van der Waals surface area (Å²) in [5.74, 6) is 0.916. The molecule has 0 amide bonds. The number of hydrogen-bond acceptors (Lipinski definition) is 3. The topological polar surface area (TPSA) is 45.9 Å². The maximum atomic E-state index is 8.90. The Morgan fingerprint density at radius 1 is 1.35 bits per heavy atom. The molecule has 3 nitrogen and oxygen atoms in total. The minimum absolute atomic E-state index is 0.303. The fourth-order valence-corrected chi connectivity index (χ4v) is 1.47. The number of aryl methyl sites for hydroxylation is 1. The maximum Gasteiger partial charge on any atom is 0.237 e. The average Bonchev–Trinajstić information content (AvgIpc) is 2.34. The van der Waals surface area contributed by atoms with Crippen LogP contribution in [-0.4, -0.2) is 4.98 Å². The quantitative estimate of drug-likeness (QED) is 0.809. The maximum absolute atomic E-state index is 8.90. The van der Waals surface area contributed by atoms with Crippen molar-refractivity contribution in [3.05, 3.63) is 52.7 Å². The van der Waals surface area contributed by atoms with E-state index >= 15 is 0 Å². The highest BCUT2D eigenvalue weighted by Crippen LogP contribution is 2.26. The molecule has 0 fully saturated rings. The number of rotatable bonds is 2. The van der Waals surface area contributed by atoms with Crippen LogP contribution in [0.5, 0.6) is 11.6 Å². The molecular weight excluding hydrogens is 236 g/mol. The number of ether oxygens (including phenoxy) is 1. The van der Waals surface area contributed by atoms with E-state index in [0.29, 0.717) is 22.2 Å². The van der Waals surface area contributed by atoms with Gasteiger partial charge in [-0.2, -0.15) is 5.26 Å². The Bertz CT molecular complexity index is 590. The molecule has 0 unspecified atom stereocenters. The molecule has 84 valence electrons. The van der Waals surface area contributed by atoms with Crippen molar-refractivity contribution in [2.75, 3.05) is 0 Å². The van der Waals surface area contributed by atoms with Gasteiger partial charge in [-0.05, 0) is 42.8 Å². The van der Waals surface area contributed by atoms with Crippen LogP contribution in [0.4, 0.5) is 0 Å². The fraction of sp³-hybridized carbons (Fsp3) is 0.0769. The number of hydrogen-bond donors (Lipinski definition) is 0. The molecule has 0 aliphatic heterocycles. The molecule has 0 radical (unpaired) electrons. The van der Waals surface area contributed by atoms with Crippen molar-refractivity contribution in [2.45, 2.75) is 6.92 Å². The number of pyridine rings is 1. The molecule has 0 saturated carbocycles. The Morgan fingerprint density at radius 3 is 2.88 bits per heavy atom. The van der Waals surface area contributed by atoms with E-state index in [4.69, 9.17) is 21.6 Å². The standard InChI is InChI=1S/C13H9ClN2O/c1-9-7-11(4-5-12(9)14)17-13-10(8-15)3-2-6-16-13/h2-7H,1H3. The lowest BCUT2D eigenvalue weighted by atomic mass is 10.2. The Kier molecular flexibility index (Phi) is 3.27. The number of nitrogens with zero attached hydrogens (tertiary/aromatic N) is 2. The average molecular weight is 245 g/mol. The van der Waals surface area contributed by atoms with Crippen LogP contribution in [0.15, 0.2) is 36.5 Å². The van der Waals surface area contributed by atoms with E-state index in [-0.39, 0.29) is 0 Å². The van der Waals surface area contributed by atoms with Gasteiger partial charge in [0.25, 0.3) is 0 Å². The smallest absolute Gasteiger partial charge is 0.237 e. The normalized spacial score (nSPS) is 9.71. The van der Waals surface area contributed by atoms with E-state index < -0.39 is 0 Å². The summed E-state index contributed by atoms with van der Waals surface area (Å²) in [5, 5.41) is 9.58. The van der Waals surface area contributed by atoms with E-state index in [9.17, 15) is 0 Å². The Labute approximate surface area is 104 Å². The van der Waals surface area contributed by atoms with Crippen LogP contribution in [0.1, 0.15) is 11.1 Å². The molecule has 0 atom stereocenters. The Morgan fingerprint density at radius 2 is 2.18 bits per heavy atom. The first-order chi connectivity index (χ1) is 8.20. The van der Waals surface area contributed by atoms with Gasteiger partial charge in [-0.3, -0.25) is 0 Å². The monoisotopic (exact) mass is 244 g/mol. The zero-order chi connectivity index (χ0) is 12.3. The minimum atomic E-state index is 0.303. The van der Waals surface area contributed by atoms with E-state index in [1.165, 1.54) is 0 Å². The fourth-order valence-electron chi connectivity index (χ4n) is 1.35. The highest BCUT2D eigenvalue weighted by atomic mass is 35.5. The molecule has 2 aromatic rings. The second-order valence-corrected chi connectivity index (χ2v) is 3.89. The van der Waals surface area contributed by atoms with Crippen molar-refractivity contribution >= 4 is 11.6 Å². The summed E-state index contributed by atoms with van der Waals surface area (Å²) in [6.45, 7) is 1.89. The summed E-state index contributed by atoms with van der Waals surface area (Å²) < 4.78 is 5.54. The van der Waals surface area contributed by atoms with Crippen LogP contribution in [0.3, 0.4) is 0 Å². The van der Waals surface area contributed by atoms with Gasteiger partial charge in [0.05, 0.1) is 0 Å². The first-order valence-electron chi connectivity index (χ1n) is 5.00. The van der Waals surface area contributed by atoms with Gasteiger partial charge in [0.1, 0.15) is 17.4 Å². The molecular formula is C13H9ClN2O. The van der Waals surface area contributed by atoms with Crippen molar-refractivity contribution in [3.63, 3.8) is 0 Å². The lowest BCUT2D eigenvalue weighted by Crippen LogP contribution is -1.91. The first kappa shape index (κ1) is 11.4. The van der Waals surface area contributed by atoms with Crippen LogP contribution in [0.2, 0.25) is 5.02 Å². The van der Waals surface area contributed by atoms with Crippen LogP contribution in [-0.2, 0) is 0 Å². The minimum Gasteiger partial charge on any atom is -0.438 e. The predicted molar refractivity (Wildman–Crippen MR) is 65.2 cm³/mol. The second-order valence-electron chi connectivity index (χ2n) is 3.48. The van der Waals surface area contributed by atoms with Gasteiger partial charge in [-0.1, -0.05) is 11.6 Å². The number of nitriles is 1. The van der Waals surface area contributed by atoms with E-state index in [0.717, 1.165) is 5.56 Å². The predicted octanol–water partition coefficient (Wildman–Crippen LogP) is 3.71. The van der Waals surface area contributed by atoms with Crippen molar-refractivity contribution in [3.8, 4) is 17.7 Å². The van der Waals surface area contributed by atoms with Gasteiger partial charge in [0.15, 0.2) is 0 Å². The molecule has 2 rings (SSSR count). The van der Waals surface area contributed by atoms with E-state index in [1.807, 2.05) is 13.0 Å². The third kappa shape index (κ3) is 2.55. The van der Waals surface area contributed by atoms with Crippen molar-refractivity contribution < 1.29 is 4.74 Å². The molecule has 17 heavy (non-hydrogen) atoms. The summed E-state index contributed by atoms with van der Waals surface area (Å²) in [7, 11) is 0. The number of benzene rings is 1. The number of aromatic nitrogens is 1. The van der Waals surface area contributed by atoms with E-state index in [1.54, 1.807) is 36.5 Å². The molecule has 0 spiro atoms.